The van der Waals surface area contributed by atoms with Crippen molar-refractivity contribution in [3.63, 3.8) is 0 Å². The highest BCUT2D eigenvalue weighted by atomic mass is 19.2. The maximum absolute atomic E-state index is 13.7. The molecule has 1 aromatic heterocycles. The zero-order valence-corrected chi connectivity index (χ0v) is 15.7. The van der Waals surface area contributed by atoms with Gasteiger partial charge in [0.1, 0.15) is 11.2 Å². The molecular formula is C18H23BF2N2O2. The van der Waals surface area contributed by atoms with Crippen molar-refractivity contribution in [1.82, 2.24) is 4.48 Å². The highest BCUT2D eigenvalue weighted by Crippen LogP contribution is 2.34. The van der Waals surface area contributed by atoms with Crippen LogP contribution in [0.1, 0.15) is 51.6 Å². The Morgan fingerprint density at radius 3 is 2.24 bits per heavy atom. The highest BCUT2D eigenvalue weighted by molar-refractivity contribution is 6.42. The molecule has 0 fully saturated rings. The molecule has 0 aromatic carbocycles. The lowest BCUT2D eigenvalue weighted by atomic mass is 10.0. The highest BCUT2D eigenvalue weighted by Gasteiger charge is 2.33. The van der Waals surface area contributed by atoms with E-state index in [4.69, 9.17) is 4.74 Å². The minimum Gasteiger partial charge on any atom is -0.456 e. The Kier molecular flexibility index (Phi) is 5.07. The van der Waals surface area contributed by atoms with Gasteiger partial charge in [0.25, 0.3) is 0 Å². The first-order valence-electron chi connectivity index (χ1n) is 8.11. The Hall–Kier alpha value is -2.18. The second-order valence-electron chi connectivity index (χ2n) is 7.27. The predicted octanol–water partition coefficient (Wildman–Crippen LogP) is 4.35. The van der Waals surface area contributed by atoms with Crippen molar-refractivity contribution < 1.29 is 18.2 Å². The molecule has 1 aliphatic heterocycles. The van der Waals surface area contributed by atoms with Crippen molar-refractivity contribution in [2.75, 3.05) is 0 Å². The molecule has 1 aromatic rings. The molecule has 2 heterocycles. The number of aliphatic imine (C=N–C) groups is 1. The first-order valence-corrected chi connectivity index (χ1v) is 8.11. The maximum atomic E-state index is 13.7. The molecule has 0 saturated heterocycles. The lowest BCUT2D eigenvalue weighted by Gasteiger charge is -2.22. The van der Waals surface area contributed by atoms with E-state index in [1.165, 1.54) is 0 Å². The van der Waals surface area contributed by atoms with E-state index in [2.05, 4.69) is 4.99 Å². The van der Waals surface area contributed by atoms with Crippen molar-refractivity contribution in [3.05, 3.63) is 40.4 Å². The van der Waals surface area contributed by atoms with Crippen LogP contribution in [0.2, 0.25) is 0 Å². The van der Waals surface area contributed by atoms with Crippen LogP contribution < -0.4 is 0 Å². The normalized spacial score (nSPS) is 16.5. The van der Waals surface area contributed by atoms with Crippen LogP contribution in [0.5, 0.6) is 0 Å². The first-order chi connectivity index (χ1) is 11.4. The first kappa shape index (κ1) is 19.2. The molecule has 0 unspecified atom stereocenters. The van der Waals surface area contributed by atoms with Gasteiger partial charge in [-0.1, -0.05) is 0 Å². The second kappa shape index (κ2) is 6.62. The summed E-state index contributed by atoms with van der Waals surface area (Å²) in [6, 6.07) is 1.64. The molecule has 0 saturated carbocycles. The van der Waals surface area contributed by atoms with Gasteiger partial charge in [-0.25, -0.2) is 4.79 Å². The van der Waals surface area contributed by atoms with E-state index in [9.17, 15) is 13.4 Å². The fourth-order valence-electron chi connectivity index (χ4n) is 2.95. The number of carbonyl (C=O) groups excluding carboxylic acids is 1. The number of nitrogens with zero attached hydrogens (tertiary/aromatic N) is 2. The van der Waals surface area contributed by atoms with Crippen LogP contribution in [-0.4, -0.2) is 29.2 Å². The molecule has 134 valence electrons. The number of ether oxygens (including phenoxy) is 1. The maximum Gasteiger partial charge on any atom is 0.677 e. The Balaban J connectivity index is 2.78. The van der Waals surface area contributed by atoms with Crippen LogP contribution in [0.15, 0.2) is 28.4 Å². The van der Waals surface area contributed by atoms with Crippen molar-refractivity contribution >= 4 is 24.7 Å². The lowest BCUT2D eigenvalue weighted by Crippen LogP contribution is -2.27. The summed E-state index contributed by atoms with van der Waals surface area (Å²) in [4.78, 5) is 17.3. The zero-order chi connectivity index (χ0) is 19.1. The Morgan fingerprint density at radius 1 is 1.20 bits per heavy atom. The SMILES string of the molecule is CC1=CC(C)=N/C1=C(/C(=O)OC(C)(C)C)c1c(C)cc(C)n1B(F)F. The number of hydrogen-bond donors (Lipinski definition) is 0. The van der Waals surface area contributed by atoms with Crippen molar-refractivity contribution in [3.8, 4) is 0 Å². The van der Waals surface area contributed by atoms with Gasteiger partial charge >= 0.3 is 13.4 Å². The molecule has 7 heteroatoms. The average molecular weight is 348 g/mol. The Labute approximate surface area is 147 Å². The number of halogens is 2. The number of esters is 1. The van der Waals surface area contributed by atoms with Crippen LogP contribution in [0, 0.1) is 13.8 Å². The van der Waals surface area contributed by atoms with Crippen LogP contribution >= 0.6 is 0 Å². The summed E-state index contributed by atoms with van der Waals surface area (Å²) in [6.45, 7) is 12.1. The van der Waals surface area contributed by atoms with E-state index in [-0.39, 0.29) is 11.3 Å². The van der Waals surface area contributed by atoms with Gasteiger partial charge in [-0.3, -0.25) is 13.6 Å². The molecule has 0 spiro atoms. The van der Waals surface area contributed by atoms with Gasteiger partial charge in [-0.2, -0.15) is 0 Å². The summed E-state index contributed by atoms with van der Waals surface area (Å²) >= 11 is 0. The van der Waals surface area contributed by atoms with E-state index in [1.807, 2.05) is 6.08 Å². The molecule has 0 N–H and O–H groups in total. The lowest BCUT2D eigenvalue weighted by molar-refractivity contribution is -0.147. The van der Waals surface area contributed by atoms with E-state index in [0.29, 0.717) is 17.0 Å². The van der Waals surface area contributed by atoms with Crippen molar-refractivity contribution in [2.45, 2.75) is 54.1 Å². The van der Waals surface area contributed by atoms with Crippen LogP contribution in [0.3, 0.4) is 0 Å². The number of aromatic nitrogens is 1. The molecule has 0 aliphatic carbocycles. The summed E-state index contributed by atoms with van der Waals surface area (Å²) in [6.07, 6.45) is 1.82. The molecule has 0 bridgehead atoms. The minimum absolute atomic E-state index is 0.0754. The summed E-state index contributed by atoms with van der Waals surface area (Å²) in [7, 11) is -2.77. The van der Waals surface area contributed by atoms with Crippen molar-refractivity contribution in [1.29, 1.82) is 0 Å². The summed E-state index contributed by atoms with van der Waals surface area (Å²) in [5.41, 5.74) is 2.30. The van der Waals surface area contributed by atoms with E-state index in [0.717, 1.165) is 15.8 Å². The zero-order valence-electron chi connectivity index (χ0n) is 15.7. The van der Waals surface area contributed by atoms with Gasteiger partial charge in [-0.05, 0) is 71.7 Å². The van der Waals surface area contributed by atoms with Gasteiger partial charge in [0.05, 0.1) is 11.4 Å². The second-order valence-corrected chi connectivity index (χ2v) is 7.27. The summed E-state index contributed by atoms with van der Waals surface area (Å²) < 4.78 is 33.7. The molecule has 0 radical (unpaired) electrons. The Morgan fingerprint density at radius 2 is 1.80 bits per heavy atom. The van der Waals surface area contributed by atoms with E-state index in [1.54, 1.807) is 54.5 Å². The van der Waals surface area contributed by atoms with Crippen LogP contribution in [-0.2, 0) is 9.53 Å². The number of aryl methyl sites for hydroxylation is 2. The topological polar surface area (TPSA) is 43.6 Å². The van der Waals surface area contributed by atoms with Crippen LogP contribution in [0.4, 0.5) is 8.63 Å². The Bertz CT molecular complexity index is 812. The number of hydrogen-bond acceptors (Lipinski definition) is 3. The monoisotopic (exact) mass is 348 g/mol. The number of carbonyl (C=O) groups is 1. The van der Waals surface area contributed by atoms with Gasteiger partial charge in [0, 0.05) is 11.4 Å². The smallest absolute Gasteiger partial charge is 0.456 e. The standard InChI is InChI=1S/C18H23BF2N2O2/c1-10-8-12(3)22-15(10)14(17(24)25-18(5,6)7)16-11(2)9-13(4)23(16)19(20)21/h8-9H,1-7H3/b15-14+. The fourth-order valence-corrected chi connectivity index (χ4v) is 2.95. The van der Waals surface area contributed by atoms with Gasteiger partial charge in [0.2, 0.25) is 0 Å². The number of allylic oxidation sites excluding steroid dienone is 2. The molecule has 2 rings (SSSR count). The third-order valence-electron chi connectivity index (χ3n) is 3.78. The summed E-state index contributed by atoms with van der Waals surface area (Å²) in [5.74, 6) is -0.656. The molecule has 25 heavy (non-hydrogen) atoms. The quantitative estimate of drug-likeness (QED) is 0.463. The molecule has 4 nitrogen and oxygen atoms in total. The minimum atomic E-state index is -2.77. The predicted molar refractivity (Wildman–Crippen MR) is 96.9 cm³/mol. The van der Waals surface area contributed by atoms with Gasteiger partial charge in [-0.15, -0.1) is 0 Å². The molecule has 1 aliphatic rings. The number of rotatable bonds is 3. The largest absolute Gasteiger partial charge is 0.677 e. The molecular weight excluding hydrogens is 325 g/mol. The fraction of sp³-hybridized carbons (Fsp3) is 0.444. The van der Waals surface area contributed by atoms with Gasteiger partial charge < -0.3 is 9.21 Å². The average Bonchev–Trinajstić information content (AvgIpc) is 2.88. The summed E-state index contributed by atoms with van der Waals surface area (Å²) in [5, 5.41) is 0. The molecule has 0 atom stereocenters. The van der Waals surface area contributed by atoms with Gasteiger partial charge in [0.15, 0.2) is 0 Å². The van der Waals surface area contributed by atoms with E-state index < -0.39 is 19.0 Å². The third kappa shape index (κ3) is 3.91. The third-order valence-corrected chi connectivity index (χ3v) is 3.78. The van der Waals surface area contributed by atoms with E-state index >= 15 is 0 Å². The van der Waals surface area contributed by atoms with Crippen LogP contribution in [0.25, 0.3) is 5.57 Å². The van der Waals surface area contributed by atoms with Crippen molar-refractivity contribution in [2.24, 2.45) is 4.99 Å². The molecule has 0 amide bonds.